The number of phenolic OH excluding ortho intramolecular Hbond substituents is 1. The third-order valence-corrected chi connectivity index (χ3v) is 4.35. The van der Waals surface area contributed by atoms with Crippen molar-refractivity contribution in [2.45, 2.75) is 0 Å². The maximum absolute atomic E-state index is 11.8. The molecule has 0 bridgehead atoms. The average molecular weight is 348 g/mol. The molecule has 26 heavy (non-hydrogen) atoms. The SMILES string of the molecule is COc1ccc(-c2c3ccc(=O)cc-3oc3cc(O)ccc23)c(OC)c1. The van der Waals surface area contributed by atoms with Crippen molar-refractivity contribution in [2.75, 3.05) is 14.2 Å². The van der Waals surface area contributed by atoms with Crippen molar-refractivity contribution in [2.24, 2.45) is 0 Å². The van der Waals surface area contributed by atoms with E-state index in [0.29, 0.717) is 22.8 Å². The van der Waals surface area contributed by atoms with Gasteiger partial charge in [-0.05, 0) is 36.4 Å². The molecule has 130 valence electrons. The van der Waals surface area contributed by atoms with Gasteiger partial charge in [-0.1, -0.05) is 0 Å². The molecule has 0 unspecified atom stereocenters. The molecule has 5 heteroatoms. The zero-order valence-electron chi connectivity index (χ0n) is 14.3. The predicted molar refractivity (Wildman–Crippen MR) is 99.3 cm³/mol. The van der Waals surface area contributed by atoms with Gasteiger partial charge in [-0.2, -0.15) is 0 Å². The molecule has 0 fully saturated rings. The van der Waals surface area contributed by atoms with Gasteiger partial charge < -0.3 is 19.0 Å². The molecule has 4 rings (SSSR count). The topological polar surface area (TPSA) is 68.9 Å². The summed E-state index contributed by atoms with van der Waals surface area (Å²) < 4.78 is 16.7. The smallest absolute Gasteiger partial charge is 0.182 e. The molecule has 5 nitrogen and oxygen atoms in total. The van der Waals surface area contributed by atoms with Crippen molar-refractivity contribution in [3.8, 4) is 39.7 Å². The number of rotatable bonds is 3. The first-order valence-corrected chi connectivity index (χ1v) is 8.02. The first-order chi connectivity index (χ1) is 12.6. The summed E-state index contributed by atoms with van der Waals surface area (Å²) in [5.74, 6) is 1.85. The van der Waals surface area contributed by atoms with E-state index >= 15 is 0 Å². The van der Waals surface area contributed by atoms with E-state index in [1.165, 1.54) is 18.2 Å². The summed E-state index contributed by atoms with van der Waals surface area (Å²) in [5.41, 5.74) is 2.82. The number of aromatic hydroxyl groups is 1. The molecule has 0 saturated carbocycles. The van der Waals surface area contributed by atoms with E-state index in [1.807, 2.05) is 12.1 Å². The molecule has 0 amide bonds. The first kappa shape index (κ1) is 16.0. The highest BCUT2D eigenvalue weighted by Crippen LogP contribution is 2.44. The lowest BCUT2D eigenvalue weighted by molar-refractivity contribution is 0.395. The predicted octanol–water partition coefficient (Wildman–Crippen LogP) is 4.29. The lowest BCUT2D eigenvalue weighted by Crippen LogP contribution is -2.00. The van der Waals surface area contributed by atoms with Gasteiger partial charge in [-0.15, -0.1) is 0 Å². The Labute approximate surface area is 149 Å². The fourth-order valence-electron chi connectivity index (χ4n) is 3.15. The van der Waals surface area contributed by atoms with Crippen molar-refractivity contribution < 1.29 is 19.0 Å². The van der Waals surface area contributed by atoms with Crippen LogP contribution in [0, 0.1) is 0 Å². The minimum absolute atomic E-state index is 0.0894. The number of phenols is 1. The third kappa shape index (κ3) is 2.54. The quantitative estimate of drug-likeness (QED) is 0.560. The zero-order chi connectivity index (χ0) is 18.3. The number of hydrogen-bond acceptors (Lipinski definition) is 5. The molecule has 1 aliphatic heterocycles. The molecule has 1 aliphatic carbocycles. The Bertz CT molecular complexity index is 1140. The van der Waals surface area contributed by atoms with Crippen molar-refractivity contribution in [3.05, 3.63) is 64.8 Å². The van der Waals surface area contributed by atoms with Crippen molar-refractivity contribution in [1.82, 2.24) is 0 Å². The van der Waals surface area contributed by atoms with E-state index in [9.17, 15) is 9.90 Å². The number of benzene rings is 3. The highest BCUT2D eigenvalue weighted by molar-refractivity contribution is 6.03. The summed E-state index contributed by atoms with van der Waals surface area (Å²) in [6.07, 6.45) is 0. The molecular weight excluding hydrogens is 332 g/mol. The van der Waals surface area contributed by atoms with E-state index in [4.69, 9.17) is 13.9 Å². The molecule has 0 radical (unpaired) electrons. The third-order valence-electron chi connectivity index (χ3n) is 4.35. The van der Waals surface area contributed by atoms with Crippen LogP contribution in [0.15, 0.2) is 63.8 Å². The maximum atomic E-state index is 11.8. The van der Waals surface area contributed by atoms with Gasteiger partial charge in [0.05, 0.1) is 14.2 Å². The van der Waals surface area contributed by atoms with Gasteiger partial charge >= 0.3 is 0 Å². The van der Waals surface area contributed by atoms with Crippen molar-refractivity contribution in [3.63, 3.8) is 0 Å². The number of fused-ring (bicyclic) bond motifs is 2. The first-order valence-electron chi connectivity index (χ1n) is 8.02. The van der Waals surface area contributed by atoms with Crippen LogP contribution in [0.25, 0.3) is 33.4 Å². The second-order valence-corrected chi connectivity index (χ2v) is 5.88. The molecule has 0 spiro atoms. The molecule has 1 heterocycles. The minimum Gasteiger partial charge on any atom is -0.508 e. The van der Waals surface area contributed by atoms with Crippen LogP contribution in [0.1, 0.15) is 0 Å². The molecule has 2 aromatic carbocycles. The minimum atomic E-state index is -0.145. The van der Waals surface area contributed by atoms with Gasteiger partial charge in [0.15, 0.2) is 5.43 Å². The van der Waals surface area contributed by atoms with Crippen molar-refractivity contribution in [1.29, 1.82) is 0 Å². The maximum Gasteiger partial charge on any atom is 0.182 e. The molecule has 0 saturated heterocycles. The average Bonchev–Trinajstić information content (AvgIpc) is 2.65. The Morgan fingerprint density at radius 2 is 1.69 bits per heavy atom. The van der Waals surface area contributed by atoms with Crippen LogP contribution in [0.3, 0.4) is 0 Å². The zero-order valence-corrected chi connectivity index (χ0v) is 14.3. The number of methoxy groups -OCH3 is 2. The molecule has 1 N–H and O–H groups in total. The van der Waals surface area contributed by atoms with Crippen LogP contribution in [0.2, 0.25) is 0 Å². The van der Waals surface area contributed by atoms with Gasteiger partial charge in [0.1, 0.15) is 28.6 Å². The van der Waals surface area contributed by atoms with Gasteiger partial charge in [0, 0.05) is 40.3 Å². The second kappa shape index (κ2) is 6.11. The summed E-state index contributed by atoms with van der Waals surface area (Å²) in [7, 11) is 3.19. The van der Waals surface area contributed by atoms with Crippen LogP contribution >= 0.6 is 0 Å². The van der Waals surface area contributed by atoms with E-state index < -0.39 is 0 Å². The van der Waals surface area contributed by atoms with E-state index in [1.54, 1.807) is 38.5 Å². The highest BCUT2D eigenvalue weighted by atomic mass is 16.5. The summed E-state index contributed by atoms with van der Waals surface area (Å²) in [6, 6.07) is 15.2. The molecule has 0 atom stereocenters. The summed E-state index contributed by atoms with van der Waals surface area (Å²) in [4.78, 5) is 11.8. The Morgan fingerprint density at radius 3 is 2.46 bits per heavy atom. The van der Waals surface area contributed by atoms with Gasteiger partial charge in [-0.25, -0.2) is 0 Å². The molecule has 2 aromatic rings. The molecule has 2 aliphatic rings. The summed E-state index contributed by atoms with van der Waals surface area (Å²) >= 11 is 0. The largest absolute Gasteiger partial charge is 0.508 e. The van der Waals surface area contributed by atoms with Crippen LogP contribution in [-0.4, -0.2) is 19.3 Å². The van der Waals surface area contributed by atoms with Gasteiger partial charge in [0.2, 0.25) is 0 Å². The highest BCUT2D eigenvalue weighted by Gasteiger charge is 2.20. The Kier molecular flexibility index (Phi) is 3.77. The Morgan fingerprint density at radius 1 is 0.885 bits per heavy atom. The van der Waals surface area contributed by atoms with Gasteiger partial charge in [-0.3, -0.25) is 4.79 Å². The number of hydrogen-bond donors (Lipinski definition) is 1. The van der Waals surface area contributed by atoms with Crippen LogP contribution < -0.4 is 14.9 Å². The monoisotopic (exact) mass is 348 g/mol. The van der Waals surface area contributed by atoms with Gasteiger partial charge in [0.25, 0.3) is 0 Å². The second-order valence-electron chi connectivity index (χ2n) is 5.88. The number of ether oxygens (including phenoxy) is 2. The fourth-order valence-corrected chi connectivity index (χ4v) is 3.15. The summed E-state index contributed by atoms with van der Waals surface area (Å²) in [6.45, 7) is 0. The van der Waals surface area contributed by atoms with Crippen LogP contribution in [-0.2, 0) is 0 Å². The normalized spacial score (nSPS) is 11.0. The van der Waals surface area contributed by atoms with E-state index in [-0.39, 0.29) is 11.2 Å². The van der Waals surface area contributed by atoms with E-state index in [2.05, 4.69) is 0 Å². The molecular formula is C21H16O5. The van der Waals surface area contributed by atoms with E-state index in [0.717, 1.165) is 22.1 Å². The lowest BCUT2D eigenvalue weighted by Gasteiger charge is -2.17. The summed E-state index contributed by atoms with van der Waals surface area (Å²) in [5, 5.41) is 10.6. The Balaban J connectivity index is 2.15. The Hall–Kier alpha value is -3.47. The van der Waals surface area contributed by atoms with Crippen LogP contribution in [0.5, 0.6) is 17.2 Å². The van der Waals surface area contributed by atoms with Crippen LogP contribution in [0.4, 0.5) is 0 Å². The fraction of sp³-hybridized carbons (Fsp3) is 0.0952. The molecule has 0 aromatic heterocycles. The van der Waals surface area contributed by atoms with Crippen molar-refractivity contribution >= 4 is 11.0 Å². The standard InChI is InChI=1S/C21H16O5/c1-24-14-5-8-15(18(11-14)25-2)21-16-6-3-12(22)9-19(16)26-20-10-13(23)4-7-17(20)21/h3-11,22H,1-2H3. The lowest BCUT2D eigenvalue weighted by atomic mass is 9.93.